The molecule has 0 aliphatic heterocycles. The molecule has 1 atom stereocenters. The zero-order valence-corrected chi connectivity index (χ0v) is 14.2. The van der Waals surface area contributed by atoms with E-state index in [1.165, 1.54) is 16.9 Å². The Morgan fingerprint density at radius 2 is 1.92 bits per heavy atom. The Kier molecular flexibility index (Phi) is 4.86. The molecule has 24 heavy (non-hydrogen) atoms. The second-order valence-corrected chi connectivity index (χ2v) is 6.27. The number of methoxy groups -OCH3 is 1. The van der Waals surface area contributed by atoms with E-state index in [1.54, 1.807) is 31.4 Å². The van der Waals surface area contributed by atoms with Crippen molar-refractivity contribution in [3.8, 4) is 5.75 Å². The molecule has 122 valence electrons. The van der Waals surface area contributed by atoms with E-state index in [2.05, 4.69) is 34.6 Å². The van der Waals surface area contributed by atoms with Crippen LogP contribution in [0.2, 0.25) is 0 Å². The zero-order chi connectivity index (χ0) is 16.9. The third-order valence-electron chi connectivity index (χ3n) is 3.66. The molecule has 1 heterocycles. The largest absolute Gasteiger partial charge is 0.497 e. The lowest BCUT2D eigenvalue weighted by atomic mass is 10.0. The molecule has 1 unspecified atom stereocenters. The van der Waals surface area contributed by atoms with Gasteiger partial charge in [-0.3, -0.25) is 10.1 Å². The van der Waals surface area contributed by atoms with E-state index in [0.29, 0.717) is 16.4 Å². The van der Waals surface area contributed by atoms with E-state index >= 15 is 0 Å². The fourth-order valence-corrected chi connectivity index (χ4v) is 3.10. The first kappa shape index (κ1) is 16.1. The molecule has 0 bridgehead atoms. The van der Waals surface area contributed by atoms with E-state index < -0.39 is 0 Å². The smallest absolute Gasteiger partial charge is 0.257 e. The fourth-order valence-electron chi connectivity index (χ4n) is 2.28. The Balaban J connectivity index is 1.73. The Morgan fingerprint density at radius 1 is 1.12 bits per heavy atom. The monoisotopic (exact) mass is 339 g/mol. The first-order chi connectivity index (χ1) is 11.7. The van der Waals surface area contributed by atoms with Crippen molar-refractivity contribution in [3.05, 3.63) is 70.7 Å². The summed E-state index contributed by atoms with van der Waals surface area (Å²) in [7, 11) is 1.57. The van der Waals surface area contributed by atoms with Gasteiger partial charge >= 0.3 is 0 Å². The number of ether oxygens (including phenoxy) is 1. The van der Waals surface area contributed by atoms with Crippen molar-refractivity contribution in [2.75, 3.05) is 12.4 Å². The SMILES string of the molecule is COc1cccc(C(=O)Nc2nnc(C(C)c3ccccc3)s2)c1. The van der Waals surface area contributed by atoms with Gasteiger partial charge in [0.05, 0.1) is 7.11 Å². The van der Waals surface area contributed by atoms with Gasteiger partial charge in [-0.25, -0.2) is 0 Å². The molecule has 2 aromatic carbocycles. The molecule has 3 aromatic rings. The van der Waals surface area contributed by atoms with E-state index in [0.717, 1.165) is 5.01 Å². The lowest BCUT2D eigenvalue weighted by Gasteiger charge is -2.06. The minimum atomic E-state index is -0.232. The second kappa shape index (κ2) is 7.23. The van der Waals surface area contributed by atoms with Gasteiger partial charge in [-0.05, 0) is 23.8 Å². The van der Waals surface area contributed by atoms with Crippen LogP contribution < -0.4 is 10.1 Å². The lowest BCUT2D eigenvalue weighted by molar-refractivity contribution is 0.102. The topological polar surface area (TPSA) is 64.1 Å². The number of hydrogen-bond acceptors (Lipinski definition) is 5. The van der Waals surface area contributed by atoms with Gasteiger partial charge < -0.3 is 4.74 Å². The number of carbonyl (C=O) groups excluding carboxylic acids is 1. The van der Waals surface area contributed by atoms with Crippen molar-refractivity contribution >= 4 is 22.4 Å². The summed E-state index contributed by atoms with van der Waals surface area (Å²) in [5.74, 6) is 0.536. The van der Waals surface area contributed by atoms with Crippen LogP contribution in [0.5, 0.6) is 5.75 Å². The summed E-state index contributed by atoms with van der Waals surface area (Å²) >= 11 is 1.38. The highest BCUT2D eigenvalue weighted by Gasteiger charge is 2.16. The van der Waals surface area contributed by atoms with Crippen LogP contribution in [0.15, 0.2) is 54.6 Å². The summed E-state index contributed by atoms with van der Waals surface area (Å²) < 4.78 is 5.13. The highest BCUT2D eigenvalue weighted by Crippen LogP contribution is 2.28. The third kappa shape index (κ3) is 3.60. The van der Waals surface area contributed by atoms with Crippen LogP contribution in [-0.4, -0.2) is 23.2 Å². The van der Waals surface area contributed by atoms with Crippen molar-refractivity contribution < 1.29 is 9.53 Å². The van der Waals surface area contributed by atoms with Crippen molar-refractivity contribution in [1.29, 1.82) is 0 Å². The van der Waals surface area contributed by atoms with Crippen LogP contribution in [0.4, 0.5) is 5.13 Å². The van der Waals surface area contributed by atoms with Crippen LogP contribution in [0.25, 0.3) is 0 Å². The standard InChI is InChI=1S/C18H17N3O2S/c1-12(13-7-4-3-5-8-13)17-20-21-18(24-17)19-16(22)14-9-6-10-15(11-14)23-2/h3-12H,1-2H3,(H,19,21,22). The van der Waals surface area contributed by atoms with Gasteiger partial charge in [0.2, 0.25) is 5.13 Å². The summed E-state index contributed by atoms with van der Waals surface area (Å²) in [5, 5.41) is 12.4. The van der Waals surface area contributed by atoms with Gasteiger partial charge in [0, 0.05) is 11.5 Å². The molecule has 0 aliphatic carbocycles. The predicted molar refractivity (Wildman–Crippen MR) is 94.8 cm³/mol. The van der Waals surface area contributed by atoms with E-state index in [-0.39, 0.29) is 11.8 Å². The first-order valence-corrected chi connectivity index (χ1v) is 8.33. The van der Waals surface area contributed by atoms with Crippen molar-refractivity contribution in [3.63, 3.8) is 0 Å². The minimum absolute atomic E-state index is 0.131. The molecule has 0 fully saturated rings. The number of rotatable bonds is 5. The molecule has 0 aliphatic rings. The van der Waals surface area contributed by atoms with Crippen molar-refractivity contribution in [2.45, 2.75) is 12.8 Å². The number of hydrogen-bond donors (Lipinski definition) is 1. The fraction of sp³-hybridized carbons (Fsp3) is 0.167. The highest BCUT2D eigenvalue weighted by atomic mass is 32.1. The van der Waals surface area contributed by atoms with Crippen LogP contribution >= 0.6 is 11.3 Å². The average Bonchev–Trinajstić information content (AvgIpc) is 3.10. The summed E-state index contributed by atoms with van der Waals surface area (Å²) in [6.07, 6.45) is 0. The van der Waals surface area contributed by atoms with Gasteiger partial charge in [-0.15, -0.1) is 10.2 Å². The maximum Gasteiger partial charge on any atom is 0.257 e. The number of benzene rings is 2. The molecular formula is C18H17N3O2S. The van der Waals surface area contributed by atoms with Crippen LogP contribution in [0, 0.1) is 0 Å². The molecule has 5 nitrogen and oxygen atoms in total. The summed E-state index contributed by atoms with van der Waals surface area (Å²) in [6.45, 7) is 2.07. The molecule has 0 saturated heterocycles. The van der Waals surface area contributed by atoms with Gasteiger partial charge in [0.25, 0.3) is 5.91 Å². The van der Waals surface area contributed by atoms with Gasteiger partial charge in [0.15, 0.2) is 0 Å². The highest BCUT2D eigenvalue weighted by molar-refractivity contribution is 7.15. The van der Waals surface area contributed by atoms with Gasteiger partial charge in [0.1, 0.15) is 10.8 Å². The molecular weight excluding hydrogens is 322 g/mol. The Labute approximate surface area is 144 Å². The molecule has 1 amide bonds. The van der Waals surface area contributed by atoms with Gasteiger partial charge in [-0.2, -0.15) is 0 Å². The second-order valence-electron chi connectivity index (χ2n) is 5.26. The van der Waals surface area contributed by atoms with Crippen molar-refractivity contribution in [1.82, 2.24) is 10.2 Å². The Hall–Kier alpha value is -2.73. The summed E-state index contributed by atoms with van der Waals surface area (Å²) in [4.78, 5) is 12.3. The number of nitrogens with one attached hydrogen (secondary N) is 1. The Bertz CT molecular complexity index is 833. The molecule has 1 N–H and O–H groups in total. The normalized spacial score (nSPS) is 11.8. The van der Waals surface area contributed by atoms with Crippen molar-refractivity contribution in [2.24, 2.45) is 0 Å². The summed E-state index contributed by atoms with van der Waals surface area (Å²) in [6, 6.07) is 17.1. The number of nitrogens with zero attached hydrogens (tertiary/aromatic N) is 2. The third-order valence-corrected chi connectivity index (χ3v) is 4.68. The average molecular weight is 339 g/mol. The van der Waals surface area contributed by atoms with Gasteiger partial charge in [-0.1, -0.05) is 54.7 Å². The molecule has 1 aromatic heterocycles. The quantitative estimate of drug-likeness (QED) is 0.764. The molecule has 0 saturated carbocycles. The molecule has 0 radical (unpaired) electrons. The number of amides is 1. The Morgan fingerprint density at radius 3 is 2.67 bits per heavy atom. The molecule has 6 heteroatoms. The maximum absolute atomic E-state index is 12.3. The first-order valence-electron chi connectivity index (χ1n) is 7.51. The van der Waals surface area contributed by atoms with Crippen LogP contribution in [0.3, 0.4) is 0 Å². The van der Waals surface area contributed by atoms with E-state index in [1.807, 2.05) is 18.2 Å². The number of anilines is 1. The van der Waals surface area contributed by atoms with Crippen LogP contribution in [-0.2, 0) is 0 Å². The molecule has 0 spiro atoms. The van der Waals surface area contributed by atoms with Crippen LogP contribution in [0.1, 0.15) is 33.8 Å². The number of carbonyl (C=O) groups is 1. The minimum Gasteiger partial charge on any atom is -0.497 e. The predicted octanol–water partition coefficient (Wildman–Crippen LogP) is 3.95. The maximum atomic E-state index is 12.3. The number of aromatic nitrogens is 2. The zero-order valence-electron chi connectivity index (χ0n) is 13.4. The van der Waals surface area contributed by atoms with E-state index in [9.17, 15) is 4.79 Å². The molecule has 3 rings (SSSR count). The van der Waals surface area contributed by atoms with E-state index in [4.69, 9.17) is 4.74 Å². The summed E-state index contributed by atoms with van der Waals surface area (Å²) in [5.41, 5.74) is 1.68. The lowest BCUT2D eigenvalue weighted by Crippen LogP contribution is -2.11.